The molecule has 1 spiro atoms. The summed E-state index contributed by atoms with van der Waals surface area (Å²) in [5, 5.41) is 0. The lowest BCUT2D eigenvalue weighted by molar-refractivity contribution is -0.128. The summed E-state index contributed by atoms with van der Waals surface area (Å²) in [6, 6.07) is 8.74. The molecule has 0 bridgehead atoms. The third-order valence-electron chi connectivity index (χ3n) is 6.48. The lowest BCUT2D eigenvalue weighted by Gasteiger charge is -2.43. The lowest BCUT2D eigenvalue weighted by Crippen LogP contribution is -2.47. The summed E-state index contributed by atoms with van der Waals surface area (Å²) in [4.78, 5) is 17.4. The molecule has 3 fully saturated rings. The molecule has 0 saturated carbocycles. The molecular formula is C21H30N2O3. The molecule has 3 aliphatic rings. The first-order chi connectivity index (χ1) is 12.7. The summed E-state index contributed by atoms with van der Waals surface area (Å²) in [5.74, 6) is 1.17. The Bertz CT molecular complexity index is 634. The highest BCUT2D eigenvalue weighted by atomic mass is 16.5. The van der Waals surface area contributed by atoms with Crippen molar-refractivity contribution in [2.75, 3.05) is 40.0 Å². The Morgan fingerprint density at radius 2 is 2.00 bits per heavy atom. The number of hydrogen-bond donors (Lipinski definition) is 0. The van der Waals surface area contributed by atoms with Crippen LogP contribution in [0.25, 0.3) is 0 Å². The van der Waals surface area contributed by atoms with E-state index in [0.29, 0.717) is 18.5 Å². The fraction of sp³-hybridized carbons (Fsp3) is 0.667. The minimum Gasteiger partial charge on any atom is -0.497 e. The maximum absolute atomic E-state index is 12.7. The van der Waals surface area contributed by atoms with Crippen molar-refractivity contribution >= 4 is 5.91 Å². The molecule has 4 rings (SSSR count). The Labute approximate surface area is 156 Å². The Morgan fingerprint density at radius 1 is 1.23 bits per heavy atom. The number of rotatable bonds is 4. The van der Waals surface area contributed by atoms with Crippen molar-refractivity contribution in [1.82, 2.24) is 9.80 Å². The Morgan fingerprint density at radius 3 is 2.73 bits per heavy atom. The van der Waals surface area contributed by atoms with Crippen molar-refractivity contribution in [1.29, 1.82) is 0 Å². The van der Waals surface area contributed by atoms with Crippen molar-refractivity contribution in [3.05, 3.63) is 29.8 Å². The van der Waals surface area contributed by atoms with E-state index in [4.69, 9.17) is 9.47 Å². The number of nitrogens with zero attached hydrogens (tertiary/aromatic N) is 2. The molecule has 3 saturated heterocycles. The van der Waals surface area contributed by atoms with E-state index in [2.05, 4.69) is 15.9 Å². The molecule has 1 aromatic rings. The van der Waals surface area contributed by atoms with Crippen molar-refractivity contribution in [2.24, 2.45) is 5.41 Å². The zero-order valence-corrected chi connectivity index (χ0v) is 15.8. The van der Waals surface area contributed by atoms with Crippen LogP contribution in [0.4, 0.5) is 0 Å². The first-order valence-corrected chi connectivity index (χ1v) is 9.90. The molecule has 5 heteroatoms. The largest absolute Gasteiger partial charge is 0.497 e. The standard InChI is InChI=1S/C21H30N2O3/c1-25-19-4-2-3-17(13-19)15-23-16-21(14-20(23)24)7-9-22(10-8-21)18-5-11-26-12-6-18/h2-4,13,18H,5-12,14-16H2,1H3. The van der Waals surface area contributed by atoms with Crippen LogP contribution in [0.5, 0.6) is 5.75 Å². The lowest BCUT2D eigenvalue weighted by atomic mass is 9.77. The zero-order valence-electron chi connectivity index (χ0n) is 15.8. The number of carbonyl (C=O) groups excluding carboxylic acids is 1. The fourth-order valence-corrected chi connectivity index (χ4v) is 4.87. The summed E-state index contributed by atoms with van der Waals surface area (Å²) in [7, 11) is 1.68. The fourth-order valence-electron chi connectivity index (χ4n) is 4.87. The van der Waals surface area contributed by atoms with Gasteiger partial charge in [0.2, 0.25) is 5.91 Å². The van der Waals surface area contributed by atoms with Gasteiger partial charge in [-0.1, -0.05) is 12.1 Å². The third kappa shape index (κ3) is 3.74. The van der Waals surface area contributed by atoms with Gasteiger partial charge in [-0.3, -0.25) is 4.79 Å². The van der Waals surface area contributed by atoms with Crippen molar-refractivity contribution < 1.29 is 14.3 Å². The summed E-state index contributed by atoms with van der Waals surface area (Å²) >= 11 is 0. The van der Waals surface area contributed by atoms with Crippen molar-refractivity contribution in [3.8, 4) is 5.75 Å². The Hall–Kier alpha value is -1.59. The molecule has 3 aliphatic heterocycles. The van der Waals surface area contributed by atoms with E-state index < -0.39 is 0 Å². The second-order valence-electron chi connectivity index (χ2n) is 8.16. The van der Waals surface area contributed by atoms with Crippen LogP contribution in [0.15, 0.2) is 24.3 Å². The molecule has 5 nitrogen and oxygen atoms in total. The Kier molecular flexibility index (Phi) is 5.18. The van der Waals surface area contributed by atoms with E-state index in [1.54, 1.807) is 7.11 Å². The second kappa shape index (κ2) is 7.57. The molecule has 1 aromatic carbocycles. The first kappa shape index (κ1) is 17.8. The van der Waals surface area contributed by atoms with Gasteiger partial charge in [0.05, 0.1) is 7.11 Å². The topological polar surface area (TPSA) is 42.0 Å². The number of ether oxygens (including phenoxy) is 2. The van der Waals surface area contributed by atoms with Gasteiger partial charge in [0, 0.05) is 38.8 Å². The molecule has 0 aromatic heterocycles. The summed E-state index contributed by atoms with van der Waals surface area (Å²) in [5.41, 5.74) is 1.34. The van der Waals surface area contributed by atoms with E-state index in [-0.39, 0.29) is 5.41 Å². The highest BCUT2D eigenvalue weighted by Crippen LogP contribution is 2.42. The Balaban J connectivity index is 1.35. The number of likely N-dealkylation sites (tertiary alicyclic amines) is 2. The van der Waals surface area contributed by atoms with Gasteiger partial charge in [-0.25, -0.2) is 0 Å². The van der Waals surface area contributed by atoms with Crippen LogP contribution in [0, 0.1) is 5.41 Å². The molecule has 1 amide bonds. The van der Waals surface area contributed by atoms with E-state index >= 15 is 0 Å². The van der Waals surface area contributed by atoms with Crippen molar-refractivity contribution in [3.63, 3.8) is 0 Å². The molecule has 0 unspecified atom stereocenters. The maximum Gasteiger partial charge on any atom is 0.223 e. The maximum atomic E-state index is 12.7. The molecular weight excluding hydrogens is 328 g/mol. The smallest absolute Gasteiger partial charge is 0.223 e. The van der Waals surface area contributed by atoms with E-state index in [1.807, 2.05) is 18.2 Å². The zero-order chi connectivity index (χ0) is 18.0. The summed E-state index contributed by atoms with van der Waals surface area (Å²) in [6.45, 7) is 5.67. The first-order valence-electron chi connectivity index (χ1n) is 9.90. The van der Waals surface area contributed by atoms with Gasteiger partial charge in [-0.2, -0.15) is 0 Å². The summed E-state index contributed by atoms with van der Waals surface area (Å²) < 4.78 is 10.8. The minimum atomic E-state index is 0.192. The van der Waals surface area contributed by atoms with Crippen LogP contribution < -0.4 is 4.74 Å². The average Bonchev–Trinajstić information content (AvgIpc) is 2.98. The highest BCUT2D eigenvalue weighted by molar-refractivity contribution is 5.79. The predicted molar refractivity (Wildman–Crippen MR) is 100 cm³/mol. The number of benzene rings is 1. The molecule has 0 N–H and O–H groups in total. The van der Waals surface area contributed by atoms with E-state index in [9.17, 15) is 4.79 Å². The van der Waals surface area contributed by atoms with Crippen LogP contribution in [-0.4, -0.2) is 61.7 Å². The number of carbonyl (C=O) groups is 1. The predicted octanol–water partition coefficient (Wildman–Crippen LogP) is 2.69. The van der Waals surface area contributed by atoms with Gasteiger partial charge in [0.1, 0.15) is 5.75 Å². The van der Waals surface area contributed by atoms with Gasteiger partial charge in [-0.05, 0) is 61.9 Å². The van der Waals surface area contributed by atoms with Crippen molar-refractivity contribution in [2.45, 2.75) is 44.7 Å². The van der Waals surface area contributed by atoms with Gasteiger partial charge in [-0.15, -0.1) is 0 Å². The van der Waals surface area contributed by atoms with Crippen LogP contribution >= 0.6 is 0 Å². The quantitative estimate of drug-likeness (QED) is 0.830. The second-order valence-corrected chi connectivity index (χ2v) is 8.16. The normalized spacial score (nSPS) is 24.3. The van der Waals surface area contributed by atoms with Gasteiger partial charge < -0.3 is 19.3 Å². The molecule has 0 atom stereocenters. The number of hydrogen-bond acceptors (Lipinski definition) is 4. The molecule has 26 heavy (non-hydrogen) atoms. The number of methoxy groups -OCH3 is 1. The molecule has 0 radical (unpaired) electrons. The average molecular weight is 358 g/mol. The van der Waals surface area contributed by atoms with Crippen LogP contribution in [0.1, 0.15) is 37.7 Å². The van der Waals surface area contributed by atoms with Gasteiger partial charge >= 0.3 is 0 Å². The third-order valence-corrected chi connectivity index (χ3v) is 6.48. The van der Waals surface area contributed by atoms with Gasteiger partial charge in [0.25, 0.3) is 0 Å². The highest BCUT2D eigenvalue weighted by Gasteiger charge is 2.45. The van der Waals surface area contributed by atoms with Gasteiger partial charge in [0.15, 0.2) is 0 Å². The monoisotopic (exact) mass is 358 g/mol. The van der Waals surface area contributed by atoms with E-state index in [1.165, 1.54) is 0 Å². The van der Waals surface area contributed by atoms with Crippen LogP contribution in [0.3, 0.4) is 0 Å². The SMILES string of the molecule is COc1cccc(CN2CC3(CCN(C4CCOCC4)CC3)CC2=O)c1. The number of piperidine rings is 1. The van der Waals surface area contributed by atoms with Crippen LogP contribution in [-0.2, 0) is 16.1 Å². The molecule has 142 valence electrons. The molecule has 0 aliphatic carbocycles. The number of amides is 1. The molecule has 3 heterocycles. The van der Waals surface area contributed by atoms with E-state index in [0.717, 1.165) is 76.3 Å². The van der Waals surface area contributed by atoms with Crippen LogP contribution in [0.2, 0.25) is 0 Å². The summed E-state index contributed by atoms with van der Waals surface area (Å²) in [6.07, 6.45) is 5.33. The minimum absolute atomic E-state index is 0.192.